The highest BCUT2D eigenvalue weighted by atomic mass is 35.5. The molecule has 0 atom stereocenters. The van der Waals surface area contributed by atoms with Crippen LogP contribution in [0.15, 0.2) is 30.5 Å². The minimum atomic E-state index is -4.23. The second kappa shape index (κ2) is 12.4. The van der Waals surface area contributed by atoms with E-state index < -0.39 is 18.2 Å². The van der Waals surface area contributed by atoms with Crippen LogP contribution in [0.25, 0.3) is 21.8 Å². The molecule has 0 radical (unpaired) electrons. The van der Waals surface area contributed by atoms with Gasteiger partial charge in [0.05, 0.1) is 38.4 Å². The number of anilines is 2. The van der Waals surface area contributed by atoms with Crippen LogP contribution in [0.3, 0.4) is 0 Å². The summed E-state index contributed by atoms with van der Waals surface area (Å²) in [5.74, 6) is 0.0678. The molecule has 216 valence electrons. The molecule has 1 fully saturated rings. The SMILES string of the molecule is CC(C)(C)OC(=O)N1CCC(c2nc(-c3cccc(NSCCC(F)(F)F)c3Cl)c(-c3ccnc(N)n3)s2)CC1. The number of nitrogens with one attached hydrogen (secondary N) is 1. The van der Waals surface area contributed by atoms with Crippen molar-refractivity contribution < 1.29 is 22.7 Å². The summed E-state index contributed by atoms with van der Waals surface area (Å²) < 4.78 is 46.1. The highest BCUT2D eigenvalue weighted by Gasteiger charge is 2.31. The van der Waals surface area contributed by atoms with Crippen LogP contribution >= 0.6 is 34.9 Å². The van der Waals surface area contributed by atoms with E-state index in [9.17, 15) is 18.0 Å². The van der Waals surface area contributed by atoms with Crippen LogP contribution < -0.4 is 10.5 Å². The Hall–Kier alpha value is -2.77. The lowest BCUT2D eigenvalue weighted by atomic mass is 9.98. The van der Waals surface area contributed by atoms with E-state index in [1.165, 1.54) is 11.3 Å². The Morgan fingerprint density at radius 1 is 1.23 bits per heavy atom. The standard InChI is InChI=1S/C26H30ClF3N6O2S2/c1-25(2,3)38-24(37)36-12-8-15(9-13-36)22-34-20(21(40-22)18-7-11-32-23(31)33-18)16-5-4-6-17(19(16)27)35-39-14-10-26(28,29)30/h4-7,11,15,35H,8-10,12-14H2,1-3H3,(H2,31,32,33). The fraction of sp³-hybridized carbons (Fsp3) is 0.462. The Kier molecular flexibility index (Phi) is 9.36. The number of alkyl halides is 3. The molecule has 2 aromatic heterocycles. The Morgan fingerprint density at radius 3 is 2.60 bits per heavy atom. The van der Waals surface area contributed by atoms with Gasteiger partial charge in [0.2, 0.25) is 5.95 Å². The highest BCUT2D eigenvalue weighted by Crippen LogP contribution is 2.44. The number of nitrogen functional groups attached to an aromatic ring is 1. The van der Waals surface area contributed by atoms with Gasteiger partial charge in [0.15, 0.2) is 0 Å². The lowest BCUT2D eigenvalue weighted by Gasteiger charge is -2.32. The molecule has 40 heavy (non-hydrogen) atoms. The summed E-state index contributed by atoms with van der Waals surface area (Å²) in [5.41, 5.74) is 7.59. The van der Waals surface area contributed by atoms with Crippen molar-refractivity contribution in [3.63, 3.8) is 0 Å². The maximum atomic E-state index is 12.5. The summed E-state index contributed by atoms with van der Waals surface area (Å²) in [6.45, 7) is 6.60. The predicted molar refractivity (Wildman–Crippen MR) is 155 cm³/mol. The third-order valence-electron chi connectivity index (χ3n) is 5.97. The summed E-state index contributed by atoms with van der Waals surface area (Å²) in [4.78, 5) is 28.3. The number of piperidine rings is 1. The third-order valence-corrected chi connectivity index (χ3v) is 8.39. The van der Waals surface area contributed by atoms with E-state index in [-0.39, 0.29) is 23.7 Å². The first-order chi connectivity index (χ1) is 18.8. The minimum Gasteiger partial charge on any atom is -0.444 e. The van der Waals surface area contributed by atoms with Crippen LogP contribution in [0, 0.1) is 0 Å². The van der Waals surface area contributed by atoms with Gasteiger partial charge in [-0.25, -0.2) is 19.7 Å². The molecular formula is C26H30ClF3N6O2S2. The molecule has 1 saturated heterocycles. The first kappa shape index (κ1) is 30.2. The molecule has 1 aromatic carbocycles. The van der Waals surface area contributed by atoms with Gasteiger partial charge in [0.1, 0.15) is 5.60 Å². The molecule has 1 aliphatic rings. The van der Waals surface area contributed by atoms with Gasteiger partial charge in [-0.05, 0) is 45.7 Å². The van der Waals surface area contributed by atoms with E-state index in [0.29, 0.717) is 53.6 Å². The molecule has 0 bridgehead atoms. The molecule has 0 spiro atoms. The average molecular weight is 615 g/mol. The zero-order valence-electron chi connectivity index (χ0n) is 22.2. The van der Waals surface area contributed by atoms with Crippen LogP contribution in [-0.4, -0.2) is 56.6 Å². The first-order valence-corrected chi connectivity index (χ1v) is 14.8. The average Bonchev–Trinajstić information content (AvgIpc) is 3.31. The van der Waals surface area contributed by atoms with Crippen LogP contribution in [-0.2, 0) is 4.74 Å². The van der Waals surface area contributed by atoms with Crippen molar-refractivity contribution in [3.8, 4) is 21.8 Å². The predicted octanol–water partition coefficient (Wildman–Crippen LogP) is 7.63. The molecule has 3 N–H and O–H groups in total. The van der Waals surface area contributed by atoms with Crippen LogP contribution in [0.2, 0.25) is 5.02 Å². The number of carbonyl (C=O) groups is 1. The van der Waals surface area contributed by atoms with Crippen molar-refractivity contribution in [2.45, 2.75) is 57.7 Å². The maximum absolute atomic E-state index is 12.5. The molecule has 0 saturated carbocycles. The first-order valence-electron chi connectivity index (χ1n) is 12.6. The number of rotatable bonds is 7. The summed E-state index contributed by atoms with van der Waals surface area (Å²) in [7, 11) is 0. The zero-order valence-corrected chi connectivity index (χ0v) is 24.6. The third kappa shape index (κ3) is 7.91. The lowest BCUT2D eigenvalue weighted by molar-refractivity contribution is -0.129. The number of thiazole rings is 1. The van der Waals surface area contributed by atoms with E-state index in [0.717, 1.165) is 21.8 Å². The van der Waals surface area contributed by atoms with E-state index in [1.807, 2.05) is 26.8 Å². The lowest BCUT2D eigenvalue weighted by Crippen LogP contribution is -2.41. The number of nitrogens with two attached hydrogens (primary N) is 1. The van der Waals surface area contributed by atoms with E-state index in [1.54, 1.807) is 29.3 Å². The maximum Gasteiger partial charge on any atom is 0.410 e. The Labute approximate surface area is 244 Å². The van der Waals surface area contributed by atoms with Crippen LogP contribution in [0.1, 0.15) is 51.0 Å². The minimum absolute atomic E-state index is 0.105. The molecule has 1 aliphatic heterocycles. The quantitative estimate of drug-likeness (QED) is 0.207. The second-order valence-corrected chi connectivity index (χ2v) is 12.6. The van der Waals surface area contributed by atoms with E-state index in [2.05, 4.69) is 14.7 Å². The van der Waals surface area contributed by atoms with Gasteiger partial charge in [0, 0.05) is 36.5 Å². The highest BCUT2D eigenvalue weighted by molar-refractivity contribution is 8.00. The van der Waals surface area contributed by atoms with Crippen molar-refractivity contribution in [2.75, 3.05) is 29.3 Å². The van der Waals surface area contributed by atoms with Gasteiger partial charge < -0.3 is 20.1 Å². The number of nitrogens with zero attached hydrogens (tertiary/aromatic N) is 4. The number of likely N-dealkylation sites (tertiary alicyclic amines) is 1. The Balaban J connectivity index is 1.60. The summed E-state index contributed by atoms with van der Waals surface area (Å²) in [6.07, 6.45) is -2.48. The molecule has 3 heterocycles. The molecule has 14 heteroatoms. The fourth-order valence-electron chi connectivity index (χ4n) is 4.09. The van der Waals surface area contributed by atoms with Crippen molar-refractivity contribution in [3.05, 3.63) is 40.5 Å². The fourth-order valence-corrected chi connectivity index (χ4v) is 6.39. The number of amides is 1. The van der Waals surface area contributed by atoms with Gasteiger partial charge >= 0.3 is 12.3 Å². The number of ether oxygens (including phenoxy) is 1. The zero-order chi connectivity index (χ0) is 29.1. The second-order valence-electron chi connectivity index (χ2n) is 10.3. The summed E-state index contributed by atoms with van der Waals surface area (Å²) in [6, 6.07) is 7.02. The van der Waals surface area contributed by atoms with E-state index in [4.69, 9.17) is 27.1 Å². The van der Waals surface area contributed by atoms with Crippen LogP contribution in [0.4, 0.5) is 29.6 Å². The van der Waals surface area contributed by atoms with Crippen molar-refractivity contribution >= 4 is 52.6 Å². The van der Waals surface area contributed by atoms with Crippen molar-refractivity contribution in [1.29, 1.82) is 0 Å². The molecule has 8 nitrogen and oxygen atoms in total. The van der Waals surface area contributed by atoms with Gasteiger partial charge in [-0.1, -0.05) is 35.7 Å². The molecule has 0 unspecified atom stereocenters. The van der Waals surface area contributed by atoms with Crippen molar-refractivity contribution in [1.82, 2.24) is 19.9 Å². The molecular weight excluding hydrogens is 585 g/mol. The van der Waals surface area contributed by atoms with Gasteiger partial charge in [-0.15, -0.1) is 11.3 Å². The number of carbonyl (C=O) groups excluding carboxylic acids is 1. The monoisotopic (exact) mass is 614 g/mol. The topological polar surface area (TPSA) is 106 Å². The largest absolute Gasteiger partial charge is 0.444 e. The molecule has 3 aromatic rings. The van der Waals surface area contributed by atoms with Gasteiger partial charge in [0.25, 0.3) is 0 Å². The van der Waals surface area contributed by atoms with Crippen molar-refractivity contribution in [2.24, 2.45) is 0 Å². The number of aromatic nitrogens is 3. The summed E-state index contributed by atoms with van der Waals surface area (Å²) >= 11 is 9.17. The number of hydrogen-bond acceptors (Lipinski definition) is 9. The number of halogens is 4. The Morgan fingerprint density at radius 2 is 1.95 bits per heavy atom. The normalized spacial score (nSPS) is 14.8. The smallest absolute Gasteiger partial charge is 0.410 e. The van der Waals surface area contributed by atoms with E-state index >= 15 is 0 Å². The molecule has 4 rings (SSSR count). The van der Waals surface area contributed by atoms with Crippen LogP contribution in [0.5, 0.6) is 0 Å². The molecule has 1 amide bonds. The number of hydrogen-bond donors (Lipinski definition) is 2. The molecule has 0 aliphatic carbocycles. The Bertz CT molecular complexity index is 1340. The van der Waals surface area contributed by atoms with Gasteiger partial charge in [-0.3, -0.25) is 0 Å². The number of benzene rings is 1. The van der Waals surface area contributed by atoms with Gasteiger partial charge in [-0.2, -0.15) is 13.2 Å². The summed E-state index contributed by atoms with van der Waals surface area (Å²) in [5, 5.41) is 1.21.